The van der Waals surface area contributed by atoms with Crippen LogP contribution in [0.25, 0.3) is 0 Å². The van der Waals surface area contributed by atoms with E-state index in [-0.39, 0.29) is 18.3 Å². The summed E-state index contributed by atoms with van der Waals surface area (Å²) >= 11 is 0. The van der Waals surface area contributed by atoms with Crippen LogP contribution in [-0.4, -0.2) is 66.9 Å². The molecule has 0 aromatic heterocycles. The maximum atomic E-state index is 13.1. The SMILES string of the molecule is OC(COc1ccc(F)cc1)CN1CCN(CCCC(c2ccc(C(F)(F)F)cc2)c2ccc(C(F)(F)F)cc2)CC1. The lowest BCUT2D eigenvalue weighted by Gasteiger charge is -2.35. The molecule has 3 aromatic rings. The van der Waals surface area contributed by atoms with Crippen molar-refractivity contribution in [1.29, 1.82) is 0 Å². The van der Waals surface area contributed by atoms with Gasteiger partial charge in [-0.05, 0) is 79.0 Å². The third-order valence-corrected chi connectivity index (χ3v) is 7.44. The molecule has 11 heteroatoms. The first kappa shape index (κ1) is 31.8. The van der Waals surface area contributed by atoms with Crippen molar-refractivity contribution in [3.05, 3.63) is 101 Å². The molecule has 4 rings (SSSR count). The highest BCUT2D eigenvalue weighted by Crippen LogP contribution is 2.35. The Morgan fingerprint density at radius 3 is 1.64 bits per heavy atom. The lowest BCUT2D eigenvalue weighted by molar-refractivity contribution is -0.138. The number of hydrogen-bond donors (Lipinski definition) is 1. The zero-order valence-corrected chi connectivity index (χ0v) is 22.8. The topological polar surface area (TPSA) is 35.9 Å². The number of nitrogens with zero attached hydrogens (tertiary/aromatic N) is 2. The Morgan fingerprint density at radius 1 is 0.690 bits per heavy atom. The molecule has 228 valence electrons. The minimum absolute atomic E-state index is 0.0845. The monoisotopic (exact) mass is 598 g/mol. The maximum absolute atomic E-state index is 13.1. The zero-order valence-electron chi connectivity index (χ0n) is 22.8. The van der Waals surface area contributed by atoms with Gasteiger partial charge in [0.2, 0.25) is 0 Å². The van der Waals surface area contributed by atoms with Gasteiger partial charge < -0.3 is 14.7 Å². The minimum Gasteiger partial charge on any atom is -0.491 e. The number of aliphatic hydroxyl groups is 1. The van der Waals surface area contributed by atoms with Gasteiger partial charge in [-0.15, -0.1) is 0 Å². The van der Waals surface area contributed by atoms with Crippen LogP contribution in [-0.2, 0) is 12.4 Å². The van der Waals surface area contributed by atoms with E-state index in [4.69, 9.17) is 4.74 Å². The van der Waals surface area contributed by atoms with Crippen molar-refractivity contribution in [3.63, 3.8) is 0 Å². The number of hydrogen-bond acceptors (Lipinski definition) is 4. The molecule has 1 saturated heterocycles. The predicted molar refractivity (Wildman–Crippen MR) is 145 cm³/mol. The van der Waals surface area contributed by atoms with Crippen LogP contribution in [0.1, 0.15) is 41.0 Å². The van der Waals surface area contributed by atoms with Crippen LogP contribution in [0.5, 0.6) is 5.75 Å². The van der Waals surface area contributed by atoms with E-state index in [0.717, 1.165) is 57.0 Å². The highest BCUT2D eigenvalue weighted by atomic mass is 19.4. The molecule has 0 radical (unpaired) electrons. The molecule has 0 spiro atoms. The molecule has 4 nitrogen and oxygen atoms in total. The summed E-state index contributed by atoms with van der Waals surface area (Å²) < 4.78 is 97.0. The number of benzene rings is 3. The van der Waals surface area contributed by atoms with Crippen LogP contribution < -0.4 is 4.74 Å². The summed E-state index contributed by atoms with van der Waals surface area (Å²) in [7, 11) is 0. The van der Waals surface area contributed by atoms with Gasteiger partial charge in [0.15, 0.2) is 0 Å². The van der Waals surface area contributed by atoms with Crippen LogP contribution >= 0.6 is 0 Å². The first-order chi connectivity index (χ1) is 19.9. The molecular weight excluding hydrogens is 565 g/mol. The predicted octanol–water partition coefficient (Wildman–Crippen LogP) is 6.83. The van der Waals surface area contributed by atoms with Gasteiger partial charge >= 0.3 is 12.4 Å². The first-order valence-corrected chi connectivity index (χ1v) is 13.7. The molecule has 0 amide bonds. The summed E-state index contributed by atoms with van der Waals surface area (Å²) in [4.78, 5) is 4.39. The van der Waals surface area contributed by atoms with E-state index in [1.54, 1.807) is 0 Å². The Balaban J connectivity index is 1.29. The lowest BCUT2D eigenvalue weighted by atomic mass is 9.86. The first-order valence-electron chi connectivity index (χ1n) is 13.7. The maximum Gasteiger partial charge on any atom is 0.416 e. The van der Waals surface area contributed by atoms with Gasteiger partial charge in [0.05, 0.1) is 11.1 Å². The minimum atomic E-state index is -4.48. The number of ether oxygens (including phenoxy) is 1. The Labute approximate surface area is 240 Å². The highest BCUT2D eigenvalue weighted by molar-refractivity contribution is 5.36. The second-order valence-electron chi connectivity index (χ2n) is 10.5. The third kappa shape index (κ3) is 9.17. The van der Waals surface area contributed by atoms with Crippen molar-refractivity contribution < 1.29 is 40.6 Å². The summed E-state index contributed by atoms with van der Waals surface area (Å²) in [5.41, 5.74) is -0.321. The van der Waals surface area contributed by atoms with Crippen molar-refractivity contribution >= 4 is 0 Å². The van der Waals surface area contributed by atoms with Gasteiger partial charge in [0, 0.05) is 38.6 Å². The summed E-state index contributed by atoms with van der Waals surface area (Å²) in [6, 6.07) is 15.2. The van der Waals surface area contributed by atoms with Crippen LogP contribution in [0, 0.1) is 5.82 Å². The van der Waals surface area contributed by atoms with Crippen LogP contribution in [0.4, 0.5) is 30.7 Å². The molecule has 3 aromatic carbocycles. The Hall–Kier alpha value is -3.15. The molecule has 42 heavy (non-hydrogen) atoms. The number of aliphatic hydroxyl groups excluding tert-OH is 1. The molecule has 1 unspecified atom stereocenters. The summed E-state index contributed by atoms with van der Waals surface area (Å²) in [5.74, 6) is -0.242. The number of alkyl halides is 6. The highest BCUT2D eigenvalue weighted by Gasteiger charge is 2.32. The van der Waals surface area contributed by atoms with Gasteiger partial charge in [-0.25, -0.2) is 4.39 Å². The summed E-state index contributed by atoms with van der Waals surface area (Å²) in [5, 5.41) is 10.3. The van der Waals surface area contributed by atoms with Crippen molar-refractivity contribution in [2.75, 3.05) is 45.9 Å². The Bertz CT molecular complexity index is 1180. The van der Waals surface area contributed by atoms with Gasteiger partial charge in [-0.1, -0.05) is 24.3 Å². The summed E-state index contributed by atoms with van der Waals surface area (Å²) in [6.45, 7) is 4.22. The van der Waals surface area contributed by atoms with Crippen molar-refractivity contribution in [2.45, 2.75) is 37.2 Å². The van der Waals surface area contributed by atoms with E-state index in [9.17, 15) is 35.8 Å². The molecular formula is C31H33F7N2O2. The van der Waals surface area contributed by atoms with Crippen molar-refractivity contribution in [3.8, 4) is 5.75 Å². The molecule has 1 N–H and O–H groups in total. The third-order valence-electron chi connectivity index (χ3n) is 7.44. The largest absolute Gasteiger partial charge is 0.491 e. The van der Waals surface area contributed by atoms with E-state index in [1.807, 2.05) is 0 Å². The molecule has 1 fully saturated rings. The standard InChI is InChI=1S/C31H33F7N2O2/c32-26-11-13-28(14-12-26)42-21-27(41)20-40-18-16-39(17-19-40)15-1-2-29(22-3-7-24(8-4-22)30(33,34)35)23-5-9-25(10-6-23)31(36,37)38/h3-14,27,29,41H,1-2,15-21H2. The van der Waals surface area contributed by atoms with Crippen LogP contribution in [0.2, 0.25) is 0 Å². The fourth-order valence-corrected chi connectivity index (χ4v) is 5.12. The smallest absolute Gasteiger partial charge is 0.416 e. The molecule has 1 aliphatic heterocycles. The van der Waals surface area contributed by atoms with Gasteiger partial charge in [0.1, 0.15) is 24.3 Å². The molecule has 0 aliphatic carbocycles. The van der Waals surface area contributed by atoms with Gasteiger partial charge in [-0.3, -0.25) is 4.90 Å². The van der Waals surface area contributed by atoms with E-state index in [1.165, 1.54) is 48.5 Å². The molecule has 0 bridgehead atoms. The van der Waals surface area contributed by atoms with E-state index in [2.05, 4.69) is 9.80 Å². The van der Waals surface area contributed by atoms with Gasteiger partial charge in [-0.2, -0.15) is 26.3 Å². The van der Waals surface area contributed by atoms with Crippen LogP contribution in [0.15, 0.2) is 72.8 Å². The van der Waals surface area contributed by atoms with Crippen molar-refractivity contribution in [1.82, 2.24) is 9.80 Å². The van der Waals surface area contributed by atoms with E-state index < -0.39 is 29.6 Å². The fourth-order valence-electron chi connectivity index (χ4n) is 5.12. The quantitative estimate of drug-likeness (QED) is 0.246. The number of halogens is 7. The Kier molecular flexibility index (Phi) is 10.5. The normalized spacial score (nSPS) is 16.1. The Morgan fingerprint density at radius 2 is 1.17 bits per heavy atom. The van der Waals surface area contributed by atoms with E-state index >= 15 is 0 Å². The number of piperazine rings is 1. The van der Waals surface area contributed by atoms with Crippen molar-refractivity contribution in [2.24, 2.45) is 0 Å². The number of β-amino-alcohol motifs (C(OH)–C–C–N with tert-alkyl or cyclic N) is 1. The second kappa shape index (κ2) is 13.9. The van der Waals surface area contributed by atoms with Crippen LogP contribution in [0.3, 0.4) is 0 Å². The fraction of sp³-hybridized carbons (Fsp3) is 0.419. The molecule has 1 aliphatic rings. The van der Waals surface area contributed by atoms with E-state index in [0.29, 0.717) is 36.3 Å². The molecule has 1 heterocycles. The summed E-state index contributed by atoms with van der Waals surface area (Å²) in [6.07, 6.45) is -8.42. The number of rotatable bonds is 11. The average Bonchev–Trinajstić information content (AvgIpc) is 2.95. The average molecular weight is 599 g/mol. The molecule has 0 saturated carbocycles. The molecule has 1 atom stereocenters. The second-order valence-corrected chi connectivity index (χ2v) is 10.5. The lowest BCUT2D eigenvalue weighted by Crippen LogP contribution is -2.49. The zero-order chi connectivity index (χ0) is 30.3. The van der Waals surface area contributed by atoms with Gasteiger partial charge in [0.25, 0.3) is 0 Å².